The number of unbranched alkanes of at least 4 members (excludes halogenated alkanes) is 20. The maximum Gasteiger partial charge on any atom is 0.303 e. The van der Waals surface area contributed by atoms with Crippen molar-refractivity contribution < 1.29 is 29.7 Å². The third-order valence-electron chi connectivity index (χ3n) is 6.68. The fraction of sp³-hybridized carbons (Fsp3) is 0.844. The number of allylic oxidation sites excluding steroid dienone is 2. The van der Waals surface area contributed by atoms with Crippen LogP contribution in [0.2, 0.25) is 0 Å². The first-order chi connectivity index (χ1) is 18.4. The molecule has 0 atom stereocenters. The first-order valence-corrected chi connectivity index (χ1v) is 15.7. The van der Waals surface area contributed by atoms with Gasteiger partial charge >= 0.3 is 17.9 Å². The predicted molar refractivity (Wildman–Crippen MR) is 158 cm³/mol. The van der Waals surface area contributed by atoms with E-state index in [4.69, 9.17) is 15.3 Å². The van der Waals surface area contributed by atoms with Crippen LogP contribution in [-0.2, 0) is 14.4 Å². The molecule has 3 N–H and O–H groups in total. The first-order valence-electron chi connectivity index (χ1n) is 15.7. The summed E-state index contributed by atoms with van der Waals surface area (Å²) in [6, 6.07) is 0. The molecule has 6 nitrogen and oxygen atoms in total. The van der Waals surface area contributed by atoms with Gasteiger partial charge in [0.2, 0.25) is 0 Å². The van der Waals surface area contributed by atoms with E-state index >= 15 is 0 Å². The molecular weight excluding hydrogens is 480 g/mol. The van der Waals surface area contributed by atoms with Gasteiger partial charge in [-0.15, -0.1) is 0 Å². The number of carboxylic acid groups (broad SMARTS) is 3. The van der Waals surface area contributed by atoms with Gasteiger partial charge in [0, 0.05) is 19.3 Å². The van der Waals surface area contributed by atoms with Crippen LogP contribution in [0.15, 0.2) is 12.2 Å². The topological polar surface area (TPSA) is 112 Å². The van der Waals surface area contributed by atoms with Crippen molar-refractivity contribution in [2.75, 3.05) is 0 Å². The fourth-order valence-electron chi connectivity index (χ4n) is 4.31. The molecule has 224 valence electrons. The quantitative estimate of drug-likeness (QED) is 0.0672. The second-order valence-electron chi connectivity index (χ2n) is 10.6. The lowest BCUT2D eigenvalue weighted by atomic mass is 10.1. The van der Waals surface area contributed by atoms with Gasteiger partial charge in [0.1, 0.15) is 0 Å². The highest BCUT2D eigenvalue weighted by Crippen LogP contribution is 2.12. The van der Waals surface area contributed by atoms with Crippen molar-refractivity contribution in [2.24, 2.45) is 0 Å². The molecule has 0 aliphatic carbocycles. The summed E-state index contributed by atoms with van der Waals surface area (Å²) in [7, 11) is 0. The van der Waals surface area contributed by atoms with E-state index in [2.05, 4.69) is 19.1 Å². The lowest BCUT2D eigenvalue weighted by Gasteiger charge is -2.01. The molecular formula is C32H60O6. The zero-order valence-electron chi connectivity index (χ0n) is 24.6. The van der Waals surface area contributed by atoms with E-state index in [-0.39, 0.29) is 12.8 Å². The highest BCUT2D eigenvalue weighted by molar-refractivity contribution is 5.67. The third-order valence-corrected chi connectivity index (χ3v) is 6.68. The van der Waals surface area contributed by atoms with Crippen LogP contribution in [-0.4, -0.2) is 33.2 Å². The second kappa shape index (κ2) is 33.2. The molecule has 0 unspecified atom stereocenters. The molecule has 0 aliphatic heterocycles. The Morgan fingerprint density at radius 1 is 0.395 bits per heavy atom. The zero-order valence-corrected chi connectivity index (χ0v) is 24.6. The molecule has 0 aliphatic rings. The van der Waals surface area contributed by atoms with Crippen LogP contribution >= 0.6 is 0 Å². The second-order valence-corrected chi connectivity index (χ2v) is 10.6. The SMILES string of the molecule is CCCCCCCCC=CCCCCCCCCCCCC(=O)O.O=C(O)CCCCCCCCC(=O)O. The molecule has 0 aromatic carbocycles. The minimum atomic E-state index is -0.740. The Bertz CT molecular complexity index is 538. The third kappa shape index (κ3) is 41.3. The fourth-order valence-corrected chi connectivity index (χ4v) is 4.31. The molecule has 6 heteroatoms. The van der Waals surface area contributed by atoms with Crippen molar-refractivity contribution in [2.45, 2.75) is 174 Å². The molecule has 0 saturated carbocycles. The van der Waals surface area contributed by atoms with Crippen molar-refractivity contribution >= 4 is 17.9 Å². The summed E-state index contributed by atoms with van der Waals surface area (Å²) in [5, 5.41) is 25.3. The summed E-state index contributed by atoms with van der Waals surface area (Å²) in [6.45, 7) is 2.27. The maximum atomic E-state index is 10.4. The van der Waals surface area contributed by atoms with Crippen LogP contribution in [0.3, 0.4) is 0 Å². The summed E-state index contributed by atoms with van der Waals surface area (Å²) < 4.78 is 0. The van der Waals surface area contributed by atoms with E-state index in [1.54, 1.807) is 0 Å². The lowest BCUT2D eigenvalue weighted by molar-refractivity contribution is -0.138. The standard InChI is InChI=1S/C22H42O2.C10H18O4/c1-2-3-4-5-6-7-8-9-10-11-12-13-14-15-16-17-18-19-20-21-22(23)24;11-9(12)7-5-3-1-2-4-6-8-10(13)14/h9-10H,2-8,11-21H2,1H3,(H,23,24);1-8H2,(H,11,12)(H,13,14). The van der Waals surface area contributed by atoms with E-state index in [0.29, 0.717) is 6.42 Å². The van der Waals surface area contributed by atoms with Gasteiger partial charge in [-0.2, -0.15) is 0 Å². The van der Waals surface area contributed by atoms with Gasteiger partial charge < -0.3 is 15.3 Å². The highest BCUT2D eigenvalue weighted by Gasteiger charge is 1.99. The number of rotatable bonds is 28. The van der Waals surface area contributed by atoms with Gasteiger partial charge in [0.25, 0.3) is 0 Å². The molecule has 0 bridgehead atoms. The van der Waals surface area contributed by atoms with E-state index < -0.39 is 17.9 Å². The molecule has 38 heavy (non-hydrogen) atoms. The molecule has 0 aromatic heterocycles. The van der Waals surface area contributed by atoms with Crippen LogP contribution in [0.1, 0.15) is 174 Å². The molecule has 0 rings (SSSR count). The Hall–Kier alpha value is -1.85. The summed E-state index contributed by atoms with van der Waals surface area (Å²) in [5.74, 6) is -2.14. The Morgan fingerprint density at radius 2 is 0.632 bits per heavy atom. The largest absolute Gasteiger partial charge is 0.481 e. The molecule has 0 saturated heterocycles. The minimum absolute atomic E-state index is 0.245. The number of carbonyl (C=O) groups is 3. The monoisotopic (exact) mass is 540 g/mol. The van der Waals surface area contributed by atoms with Crippen LogP contribution in [0.5, 0.6) is 0 Å². The van der Waals surface area contributed by atoms with E-state index in [9.17, 15) is 14.4 Å². The van der Waals surface area contributed by atoms with Crippen molar-refractivity contribution in [1.29, 1.82) is 0 Å². The Morgan fingerprint density at radius 3 is 0.895 bits per heavy atom. The molecule has 0 heterocycles. The van der Waals surface area contributed by atoms with Gasteiger partial charge in [0.15, 0.2) is 0 Å². The van der Waals surface area contributed by atoms with Crippen molar-refractivity contribution in [1.82, 2.24) is 0 Å². The number of carboxylic acids is 3. The van der Waals surface area contributed by atoms with Crippen LogP contribution < -0.4 is 0 Å². The van der Waals surface area contributed by atoms with Crippen molar-refractivity contribution in [3.05, 3.63) is 12.2 Å². The number of aliphatic carboxylic acids is 3. The van der Waals surface area contributed by atoms with Crippen LogP contribution in [0.25, 0.3) is 0 Å². The van der Waals surface area contributed by atoms with E-state index in [0.717, 1.165) is 51.4 Å². The Kier molecular flexibility index (Phi) is 33.4. The first kappa shape index (κ1) is 38.3. The van der Waals surface area contributed by atoms with Gasteiger partial charge in [-0.25, -0.2) is 0 Å². The summed E-state index contributed by atoms with van der Waals surface area (Å²) in [6.07, 6.45) is 32.9. The van der Waals surface area contributed by atoms with Crippen LogP contribution in [0, 0.1) is 0 Å². The molecule has 0 fully saturated rings. The summed E-state index contributed by atoms with van der Waals surface area (Å²) >= 11 is 0. The van der Waals surface area contributed by atoms with Crippen molar-refractivity contribution in [3.8, 4) is 0 Å². The summed E-state index contributed by atoms with van der Waals surface area (Å²) in [4.78, 5) is 30.7. The predicted octanol–water partition coefficient (Wildman–Crippen LogP) is 9.95. The minimum Gasteiger partial charge on any atom is -0.481 e. The molecule has 0 aromatic rings. The molecule has 0 spiro atoms. The average molecular weight is 541 g/mol. The van der Waals surface area contributed by atoms with Crippen LogP contribution in [0.4, 0.5) is 0 Å². The smallest absolute Gasteiger partial charge is 0.303 e. The molecule has 0 amide bonds. The normalized spacial score (nSPS) is 10.9. The Labute approximate surface area is 233 Å². The van der Waals surface area contributed by atoms with Crippen molar-refractivity contribution in [3.63, 3.8) is 0 Å². The van der Waals surface area contributed by atoms with E-state index in [1.807, 2.05) is 0 Å². The number of hydrogen-bond donors (Lipinski definition) is 3. The average Bonchev–Trinajstić information content (AvgIpc) is 2.87. The zero-order chi connectivity index (χ0) is 28.5. The summed E-state index contributed by atoms with van der Waals surface area (Å²) in [5.41, 5.74) is 0. The Balaban J connectivity index is 0. The number of hydrogen-bond acceptors (Lipinski definition) is 3. The maximum absolute atomic E-state index is 10.4. The van der Waals surface area contributed by atoms with Gasteiger partial charge in [-0.05, 0) is 44.9 Å². The lowest BCUT2D eigenvalue weighted by Crippen LogP contribution is -1.94. The van der Waals surface area contributed by atoms with Gasteiger partial charge in [-0.3, -0.25) is 14.4 Å². The molecule has 0 radical (unpaired) electrons. The van der Waals surface area contributed by atoms with Gasteiger partial charge in [0.05, 0.1) is 0 Å². The highest BCUT2D eigenvalue weighted by atomic mass is 16.4. The van der Waals surface area contributed by atoms with Gasteiger partial charge in [-0.1, -0.05) is 122 Å². The van der Waals surface area contributed by atoms with E-state index in [1.165, 1.54) is 96.3 Å².